The van der Waals surface area contributed by atoms with E-state index in [2.05, 4.69) is 5.10 Å². The Kier molecular flexibility index (Phi) is 3.42. The molecule has 1 atom stereocenters. The number of carboxylic acid groups (broad SMARTS) is 1. The first-order valence-electron chi connectivity index (χ1n) is 6.62. The Morgan fingerprint density at radius 3 is 3.10 bits per heavy atom. The van der Waals surface area contributed by atoms with Crippen LogP contribution >= 0.6 is 0 Å². The zero-order valence-electron chi connectivity index (χ0n) is 11.3. The third kappa shape index (κ3) is 2.28. The molecule has 0 amide bonds. The molecule has 0 bridgehead atoms. The van der Waals surface area contributed by atoms with Crippen LogP contribution in [0.5, 0.6) is 0 Å². The molecule has 3 rings (SSSR count). The van der Waals surface area contributed by atoms with Gasteiger partial charge in [0, 0.05) is 25.5 Å². The number of aromatic nitrogens is 2. The second-order valence-corrected chi connectivity index (χ2v) is 4.99. The fourth-order valence-electron chi connectivity index (χ4n) is 2.65. The molecule has 6 heteroatoms. The van der Waals surface area contributed by atoms with Gasteiger partial charge in [-0.1, -0.05) is 18.2 Å². The molecular formula is C14H17N3O3. The Balaban J connectivity index is 1.90. The second kappa shape index (κ2) is 5.22. The van der Waals surface area contributed by atoms with E-state index >= 15 is 0 Å². The zero-order valence-corrected chi connectivity index (χ0v) is 11.3. The summed E-state index contributed by atoms with van der Waals surface area (Å²) in [6.45, 7) is 1.94. The minimum absolute atomic E-state index is 0.236. The molecule has 0 radical (unpaired) electrons. The number of carboxylic acids is 1. The normalized spacial score (nSPS) is 20.4. The van der Waals surface area contributed by atoms with Gasteiger partial charge in [0.2, 0.25) is 0 Å². The largest absolute Gasteiger partial charge is 0.480 e. The molecule has 2 heterocycles. The number of aryl methyl sites for hydroxylation is 1. The van der Waals surface area contributed by atoms with Gasteiger partial charge in [-0.3, -0.25) is 14.4 Å². The van der Waals surface area contributed by atoms with E-state index in [9.17, 15) is 9.90 Å². The Morgan fingerprint density at radius 1 is 1.50 bits per heavy atom. The lowest BCUT2D eigenvalue weighted by Gasteiger charge is -2.32. The van der Waals surface area contributed by atoms with E-state index in [0.29, 0.717) is 19.7 Å². The number of nitrogens with zero attached hydrogens (tertiary/aromatic N) is 3. The molecule has 6 nitrogen and oxygen atoms in total. The summed E-state index contributed by atoms with van der Waals surface area (Å²) in [7, 11) is 1.90. The van der Waals surface area contributed by atoms with Crippen molar-refractivity contribution in [2.75, 3.05) is 19.8 Å². The van der Waals surface area contributed by atoms with Crippen LogP contribution in [0.1, 0.15) is 5.69 Å². The third-order valence-corrected chi connectivity index (χ3v) is 3.71. The van der Waals surface area contributed by atoms with E-state index in [1.807, 2.05) is 40.9 Å². The van der Waals surface area contributed by atoms with Crippen molar-refractivity contribution >= 4 is 16.9 Å². The highest BCUT2D eigenvalue weighted by atomic mass is 16.5. The van der Waals surface area contributed by atoms with Gasteiger partial charge >= 0.3 is 5.97 Å². The summed E-state index contributed by atoms with van der Waals surface area (Å²) in [5.74, 6) is -0.843. The van der Waals surface area contributed by atoms with Gasteiger partial charge in [-0.15, -0.1) is 0 Å². The van der Waals surface area contributed by atoms with Gasteiger partial charge < -0.3 is 9.84 Å². The molecule has 1 N–H and O–H groups in total. The first kappa shape index (κ1) is 13.1. The molecule has 1 aromatic carbocycles. The van der Waals surface area contributed by atoms with Crippen LogP contribution < -0.4 is 0 Å². The van der Waals surface area contributed by atoms with Crippen LogP contribution in [0, 0.1) is 0 Å². The van der Waals surface area contributed by atoms with Gasteiger partial charge in [0.1, 0.15) is 6.04 Å². The van der Waals surface area contributed by atoms with Crippen molar-refractivity contribution in [3.63, 3.8) is 0 Å². The summed E-state index contributed by atoms with van der Waals surface area (Å²) in [4.78, 5) is 13.2. The minimum atomic E-state index is -0.843. The first-order chi connectivity index (χ1) is 9.66. The molecule has 106 valence electrons. The van der Waals surface area contributed by atoms with Crippen LogP contribution in [0.3, 0.4) is 0 Å². The van der Waals surface area contributed by atoms with E-state index in [1.54, 1.807) is 0 Å². The summed E-state index contributed by atoms with van der Waals surface area (Å²) in [5, 5.41) is 14.9. The van der Waals surface area contributed by atoms with E-state index in [4.69, 9.17) is 4.74 Å². The molecular weight excluding hydrogens is 258 g/mol. The number of benzene rings is 1. The van der Waals surface area contributed by atoms with Gasteiger partial charge in [0.05, 0.1) is 24.4 Å². The van der Waals surface area contributed by atoms with Crippen molar-refractivity contribution in [2.45, 2.75) is 12.6 Å². The number of hydrogen-bond donors (Lipinski definition) is 1. The smallest absolute Gasteiger partial charge is 0.323 e. The number of rotatable bonds is 3. The average molecular weight is 275 g/mol. The van der Waals surface area contributed by atoms with Crippen LogP contribution in [0.2, 0.25) is 0 Å². The summed E-state index contributed by atoms with van der Waals surface area (Å²) in [6.07, 6.45) is 0. The molecule has 1 unspecified atom stereocenters. The molecule has 1 aliphatic rings. The number of ether oxygens (including phenoxy) is 1. The molecule has 20 heavy (non-hydrogen) atoms. The maximum Gasteiger partial charge on any atom is 0.323 e. The lowest BCUT2D eigenvalue weighted by molar-refractivity contribution is -0.150. The Bertz CT molecular complexity index is 638. The van der Waals surface area contributed by atoms with Gasteiger partial charge in [0.25, 0.3) is 0 Å². The van der Waals surface area contributed by atoms with Crippen molar-refractivity contribution < 1.29 is 14.6 Å². The van der Waals surface area contributed by atoms with Gasteiger partial charge in [0.15, 0.2) is 0 Å². The zero-order chi connectivity index (χ0) is 14.1. The predicted molar refractivity (Wildman–Crippen MR) is 73.4 cm³/mol. The average Bonchev–Trinajstić information content (AvgIpc) is 2.76. The van der Waals surface area contributed by atoms with Gasteiger partial charge in [-0.2, -0.15) is 5.10 Å². The van der Waals surface area contributed by atoms with E-state index in [1.165, 1.54) is 0 Å². The summed E-state index contributed by atoms with van der Waals surface area (Å²) >= 11 is 0. The Morgan fingerprint density at radius 2 is 2.30 bits per heavy atom. The topological polar surface area (TPSA) is 67.6 Å². The van der Waals surface area contributed by atoms with Crippen molar-refractivity contribution in [3.05, 3.63) is 30.0 Å². The third-order valence-electron chi connectivity index (χ3n) is 3.71. The maximum atomic E-state index is 11.3. The van der Waals surface area contributed by atoms with Crippen molar-refractivity contribution in [1.29, 1.82) is 0 Å². The summed E-state index contributed by atoms with van der Waals surface area (Å²) in [6, 6.07) is 7.39. The summed E-state index contributed by atoms with van der Waals surface area (Å²) < 4.78 is 7.09. The standard InChI is InChI=1S/C14H17N3O3/c1-16-12-5-3-2-4-10(12)11(15-16)8-17-6-7-20-9-13(17)14(18)19/h2-5,13H,6-9H2,1H3,(H,18,19). The number of aliphatic carboxylic acids is 1. The highest BCUT2D eigenvalue weighted by Gasteiger charge is 2.30. The quantitative estimate of drug-likeness (QED) is 0.900. The van der Waals surface area contributed by atoms with Crippen LogP contribution in [0.25, 0.3) is 10.9 Å². The number of para-hydroxylation sites is 1. The van der Waals surface area contributed by atoms with Crippen LogP contribution in [-0.2, 0) is 23.1 Å². The first-order valence-corrected chi connectivity index (χ1v) is 6.62. The van der Waals surface area contributed by atoms with Gasteiger partial charge in [-0.05, 0) is 6.07 Å². The number of morpholine rings is 1. The minimum Gasteiger partial charge on any atom is -0.480 e. The van der Waals surface area contributed by atoms with E-state index < -0.39 is 12.0 Å². The lowest BCUT2D eigenvalue weighted by atomic mass is 10.1. The van der Waals surface area contributed by atoms with Gasteiger partial charge in [-0.25, -0.2) is 0 Å². The van der Waals surface area contributed by atoms with Crippen LogP contribution in [0.4, 0.5) is 0 Å². The van der Waals surface area contributed by atoms with E-state index in [-0.39, 0.29) is 6.61 Å². The number of carbonyl (C=O) groups is 1. The fraction of sp³-hybridized carbons (Fsp3) is 0.429. The molecule has 0 spiro atoms. The monoisotopic (exact) mass is 275 g/mol. The molecule has 2 aromatic rings. The molecule has 1 aliphatic heterocycles. The van der Waals surface area contributed by atoms with Crippen molar-refractivity contribution in [2.24, 2.45) is 7.05 Å². The lowest BCUT2D eigenvalue weighted by Crippen LogP contribution is -2.49. The molecule has 1 fully saturated rings. The highest BCUT2D eigenvalue weighted by Crippen LogP contribution is 2.20. The second-order valence-electron chi connectivity index (χ2n) is 4.99. The Hall–Kier alpha value is -1.92. The fourth-order valence-corrected chi connectivity index (χ4v) is 2.65. The van der Waals surface area contributed by atoms with Crippen LogP contribution in [0.15, 0.2) is 24.3 Å². The molecule has 1 saturated heterocycles. The Labute approximate surface area is 116 Å². The van der Waals surface area contributed by atoms with E-state index in [0.717, 1.165) is 16.6 Å². The highest BCUT2D eigenvalue weighted by molar-refractivity contribution is 5.82. The number of hydrogen-bond acceptors (Lipinski definition) is 4. The number of fused-ring (bicyclic) bond motifs is 1. The van der Waals surface area contributed by atoms with Crippen molar-refractivity contribution in [1.82, 2.24) is 14.7 Å². The molecule has 0 saturated carbocycles. The van der Waals surface area contributed by atoms with Crippen molar-refractivity contribution in [3.8, 4) is 0 Å². The predicted octanol–water partition coefficient (Wildman–Crippen LogP) is 0.859. The van der Waals surface area contributed by atoms with Crippen LogP contribution in [-0.4, -0.2) is 51.6 Å². The maximum absolute atomic E-state index is 11.3. The summed E-state index contributed by atoms with van der Waals surface area (Å²) in [5.41, 5.74) is 1.97. The molecule has 1 aromatic heterocycles. The SMILES string of the molecule is Cn1nc(CN2CCOCC2C(=O)O)c2ccccc21. The molecule has 0 aliphatic carbocycles.